The van der Waals surface area contributed by atoms with Gasteiger partial charge in [-0.3, -0.25) is 4.79 Å². The molecule has 0 atom stereocenters. The summed E-state index contributed by atoms with van der Waals surface area (Å²) in [5.41, 5.74) is 2.60. The van der Waals surface area contributed by atoms with Crippen LogP contribution in [0.4, 0.5) is 0 Å². The zero-order valence-corrected chi connectivity index (χ0v) is 11.7. The van der Waals surface area contributed by atoms with E-state index in [-0.39, 0.29) is 5.56 Å². The van der Waals surface area contributed by atoms with Crippen LogP contribution in [-0.2, 0) is 6.42 Å². The van der Waals surface area contributed by atoms with Crippen molar-refractivity contribution < 1.29 is 0 Å². The molecule has 20 heavy (non-hydrogen) atoms. The topological polar surface area (TPSA) is 45.8 Å². The lowest BCUT2D eigenvalue weighted by Gasteiger charge is -2.06. The summed E-state index contributed by atoms with van der Waals surface area (Å²) in [4.78, 5) is 12.0. The van der Waals surface area contributed by atoms with E-state index in [9.17, 15) is 4.79 Å². The second-order valence-corrected chi connectivity index (χ2v) is 5.08. The number of fused-ring (bicyclic) bond motifs is 1. The molecule has 0 aliphatic rings. The van der Waals surface area contributed by atoms with Gasteiger partial charge in [-0.05, 0) is 30.2 Å². The summed E-state index contributed by atoms with van der Waals surface area (Å²) in [5, 5.41) is 8.89. The summed E-state index contributed by atoms with van der Waals surface area (Å²) in [7, 11) is 0. The van der Waals surface area contributed by atoms with E-state index < -0.39 is 0 Å². The van der Waals surface area contributed by atoms with Crippen molar-refractivity contribution in [3.63, 3.8) is 0 Å². The number of hydrogen-bond acceptors (Lipinski definition) is 2. The van der Waals surface area contributed by atoms with Gasteiger partial charge < -0.3 is 0 Å². The summed E-state index contributed by atoms with van der Waals surface area (Å²) in [6, 6.07) is 13.4. The molecule has 0 aliphatic heterocycles. The first-order chi connectivity index (χ1) is 9.69. The standard InChI is InChI=1S/C16H13ClN2O/c1-2-10-6-7-13-14(8-10)16(20)19-18-15(13)11-4-3-5-12(17)9-11/h3-9H,2H2,1H3,(H,19,20). The zero-order chi connectivity index (χ0) is 14.1. The van der Waals surface area contributed by atoms with E-state index >= 15 is 0 Å². The number of aromatic nitrogens is 2. The van der Waals surface area contributed by atoms with Gasteiger partial charge >= 0.3 is 0 Å². The van der Waals surface area contributed by atoms with Crippen LogP contribution in [0.3, 0.4) is 0 Å². The second-order valence-electron chi connectivity index (χ2n) is 4.65. The van der Waals surface area contributed by atoms with Crippen LogP contribution in [0.2, 0.25) is 5.02 Å². The van der Waals surface area contributed by atoms with Crippen LogP contribution in [-0.4, -0.2) is 10.2 Å². The molecule has 0 spiro atoms. The van der Waals surface area contributed by atoms with Crippen molar-refractivity contribution in [3.8, 4) is 11.3 Å². The van der Waals surface area contributed by atoms with Crippen molar-refractivity contribution in [2.24, 2.45) is 0 Å². The minimum Gasteiger partial charge on any atom is -0.267 e. The van der Waals surface area contributed by atoms with Gasteiger partial charge in [0, 0.05) is 16.0 Å². The fourth-order valence-electron chi connectivity index (χ4n) is 2.29. The quantitative estimate of drug-likeness (QED) is 0.778. The predicted molar refractivity (Wildman–Crippen MR) is 82.2 cm³/mol. The smallest absolute Gasteiger partial charge is 0.267 e. The molecule has 1 aromatic heterocycles. The number of benzene rings is 2. The van der Waals surface area contributed by atoms with Gasteiger partial charge in [-0.15, -0.1) is 0 Å². The largest absolute Gasteiger partial charge is 0.272 e. The van der Waals surface area contributed by atoms with Crippen molar-refractivity contribution in [1.82, 2.24) is 10.2 Å². The van der Waals surface area contributed by atoms with E-state index in [0.29, 0.717) is 10.4 Å². The molecule has 3 aromatic rings. The van der Waals surface area contributed by atoms with Gasteiger partial charge in [0.1, 0.15) is 0 Å². The summed E-state index contributed by atoms with van der Waals surface area (Å²) < 4.78 is 0. The number of aryl methyl sites for hydroxylation is 1. The molecule has 1 N–H and O–H groups in total. The molecule has 4 heteroatoms. The fraction of sp³-hybridized carbons (Fsp3) is 0.125. The van der Waals surface area contributed by atoms with Crippen LogP contribution in [0.5, 0.6) is 0 Å². The summed E-state index contributed by atoms with van der Waals surface area (Å²) in [6.45, 7) is 2.06. The molecule has 0 aliphatic carbocycles. The monoisotopic (exact) mass is 284 g/mol. The highest BCUT2D eigenvalue weighted by Crippen LogP contribution is 2.26. The molecule has 3 rings (SSSR count). The molecule has 0 fully saturated rings. The highest BCUT2D eigenvalue weighted by atomic mass is 35.5. The molecule has 0 radical (unpaired) electrons. The lowest BCUT2D eigenvalue weighted by molar-refractivity contribution is 1.01. The number of H-pyrrole nitrogens is 1. The highest BCUT2D eigenvalue weighted by Gasteiger charge is 2.09. The Morgan fingerprint density at radius 1 is 1.15 bits per heavy atom. The third-order valence-corrected chi connectivity index (χ3v) is 3.59. The number of aromatic amines is 1. The zero-order valence-electron chi connectivity index (χ0n) is 11.0. The predicted octanol–water partition coefficient (Wildman–Crippen LogP) is 3.81. The SMILES string of the molecule is CCc1ccc2c(-c3cccc(Cl)c3)n[nH]c(=O)c2c1. The van der Waals surface area contributed by atoms with E-state index in [0.717, 1.165) is 28.6 Å². The third-order valence-electron chi connectivity index (χ3n) is 3.36. The fourth-order valence-corrected chi connectivity index (χ4v) is 2.48. The van der Waals surface area contributed by atoms with Gasteiger partial charge in [0.25, 0.3) is 5.56 Å². The molecule has 0 amide bonds. The normalized spacial score (nSPS) is 10.9. The maximum absolute atomic E-state index is 12.0. The van der Waals surface area contributed by atoms with Crippen LogP contribution in [0, 0.1) is 0 Å². The van der Waals surface area contributed by atoms with Crippen molar-refractivity contribution in [2.75, 3.05) is 0 Å². The number of rotatable bonds is 2. The lowest BCUT2D eigenvalue weighted by Crippen LogP contribution is -2.09. The van der Waals surface area contributed by atoms with Crippen LogP contribution in [0.15, 0.2) is 47.3 Å². The molecule has 0 saturated heterocycles. The lowest BCUT2D eigenvalue weighted by atomic mass is 10.0. The number of hydrogen-bond donors (Lipinski definition) is 1. The Bertz CT molecular complexity index is 839. The number of nitrogens with zero attached hydrogens (tertiary/aromatic N) is 1. The van der Waals surface area contributed by atoms with E-state index in [1.165, 1.54) is 0 Å². The highest BCUT2D eigenvalue weighted by molar-refractivity contribution is 6.30. The Kier molecular flexibility index (Phi) is 3.28. The van der Waals surface area contributed by atoms with Crippen molar-refractivity contribution in [2.45, 2.75) is 13.3 Å². The minimum absolute atomic E-state index is 0.166. The molecule has 3 nitrogen and oxygen atoms in total. The molecule has 1 heterocycles. The van der Waals surface area contributed by atoms with E-state index in [2.05, 4.69) is 17.1 Å². The van der Waals surface area contributed by atoms with Gasteiger partial charge in [-0.25, -0.2) is 5.10 Å². The maximum Gasteiger partial charge on any atom is 0.272 e. The van der Waals surface area contributed by atoms with Crippen LogP contribution >= 0.6 is 11.6 Å². The van der Waals surface area contributed by atoms with Gasteiger partial charge in [0.2, 0.25) is 0 Å². The molecular weight excluding hydrogens is 272 g/mol. The number of halogens is 1. The Morgan fingerprint density at radius 2 is 2.00 bits per heavy atom. The van der Waals surface area contributed by atoms with E-state index in [1.54, 1.807) is 0 Å². The first-order valence-electron chi connectivity index (χ1n) is 6.46. The number of nitrogens with one attached hydrogen (secondary N) is 1. The van der Waals surface area contributed by atoms with Gasteiger partial charge in [-0.1, -0.05) is 42.8 Å². The minimum atomic E-state index is -0.166. The molecular formula is C16H13ClN2O. The van der Waals surface area contributed by atoms with Crippen molar-refractivity contribution in [3.05, 3.63) is 63.4 Å². The third kappa shape index (κ3) is 2.21. The van der Waals surface area contributed by atoms with Gasteiger partial charge in [-0.2, -0.15) is 5.10 Å². The first kappa shape index (κ1) is 12.9. The first-order valence-corrected chi connectivity index (χ1v) is 6.84. The summed E-state index contributed by atoms with van der Waals surface area (Å²) >= 11 is 6.03. The molecule has 100 valence electrons. The van der Waals surface area contributed by atoms with Gasteiger partial charge in [0.15, 0.2) is 0 Å². The average molecular weight is 285 g/mol. The Labute approximate surface area is 121 Å². The van der Waals surface area contributed by atoms with E-state index in [1.807, 2.05) is 42.5 Å². The van der Waals surface area contributed by atoms with Gasteiger partial charge in [0.05, 0.1) is 11.1 Å². The summed E-state index contributed by atoms with van der Waals surface area (Å²) in [5.74, 6) is 0. The summed E-state index contributed by atoms with van der Waals surface area (Å²) in [6.07, 6.45) is 0.893. The van der Waals surface area contributed by atoms with Crippen LogP contribution in [0.1, 0.15) is 12.5 Å². The van der Waals surface area contributed by atoms with E-state index in [4.69, 9.17) is 11.6 Å². The Morgan fingerprint density at radius 3 is 2.75 bits per heavy atom. The second kappa shape index (κ2) is 5.10. The van der Waals surface area contributed by atoms with Crippen LogP contribution in [0.25, 0.3) is 22.0 Å². The average Bonchev–Trinajstić information content (AvgIpc) is 2.47. The molecule has 0 bridgehead atoms. The molecule has 0 saturated carbocycles. The molecule has 0 unspecified atom stereocenters. The molecule has 2 aromatic carbocycles. The van der Waals surface area contributed by atoms with Crippen molar-refractivity contribution >= 4 is 22.4 Å². The maximum atomic E-state index is 12.0. The van der Waals surface area contributed by atoms with Crippen LogP contribution < -0.4 is 5.56 Å². The Balaban J connectivity index is 2.32. The Hall–Kier alpha value is -2.13. The van der Waals surface area contributed by atoms with Crippen molar-refractivity contribution in [1.29, 1.82) is 0 Å².